The van der Waals surface area contributed by atoms with Gasteiger partial charge in [0, 0.05) is 13.1 Å². The highest BCUT2D eigenvalue weighted by molar-refractivity contribution is 5.86. The Bertz CT molecular complexity index is 586. The van der Waals surface area contributed by atoms with Crippen LogP contribution in [0.1, 0.15) is 31.7 Å². The molecule has 1 N–H and O–H groups in total. The number of carbonyl (C=O) groups excluding carboxylic acids is 2. The van der Waals surface area contributed by atoms with Crippen molar-refractivity contribution in [3.05, 3.63) is 29.8 Å². The van der Waals surface area contributed by atoms with Crippen LogP contribution in [0.15, 0.2) is 24.3 Å². The van der Waals surface area contributed by atoms with E-state index in [0.717, 1.165) is 32.4 Å². The summed E-state index contributed by atoms with van der Waals surface area (Å²) in [5.41, 5.74) is 0.529. The first-order chi connectivity index (χ1) is 11.1. The molecule has 6 heteroatoms. The van der Waals surface area contributed by atoms with Gasteiger partial charge in [-0.3, -0.25) is 9.59 Å². The number of rotatable bonds is 5. The van der Waals surface area contributed by atoms with Crippen LogP contribution >= 0.6 is 0 Å². The molecule has 1 aromatic carbocycles. The van der Waals surface area contributed by atoms with E-state index in [2.05, 4.69) is 5.32 Å². The predicted molar refractivity (Wildman–Crippen MR) is 84.7 cm³/mol. The number of hydrogen-bond donors (Lipinski definition) is 1. The quantitative estimate of drug-likeness (QED) is 0.891. The SMILES string of the molecule is CC(Oc1ccc(C#N)cc1)C(=O)NCC(=O)N1CCCCC1. The summed E-state index contributed by atoms with van der Waals surface area (Å²) in [6.07, 6.45) is 2.50. The average molecular weight is 315 g/mol. The molecule has 122 valence electrons. The van der Waals surface area contributed by atoms with Crippen LogP contribution < -0.4 is 10.1 Å². The summed E-state index contributed by atoms with van der Waals surface area (Å²) in [5.74, 6) is 0.123. The van der Waals surface area contributed by atoms with E-state index in [1.807, 2.05) is 6.07 Å². The number of carbonyl (C=O) groups is 2. The molecule has 0 spiro atoms. The van der Waals surface area contributed by atoms with Gasteiger partial charge in [-0.25, -0.2) is 0 Å². The van der Waals surface area contributed by atoms with Gasteiger partial charge in [0.1, 0.15) is 5.75 Å². The van der Waals surface area contributed by atoms with Gasteiger partial charge < -0.3 is 15.0 Å². The number of likely N-dealkylation sites (tertiary alicyclic amines) is 1. The number of benzene rings is 1. The molecular weight excluding hydrogens is 294 g/mol. The number of amides is 2. The van der Waals surface area contributed by atoms with Gasteiger partial charge in [0.15, 0.2) is 6.10 Å². The molecule has 2 amide bonds. The topological polar surface area (TPSA) is 82.4 Å². The standard InChI is InChI=1S/C17H21N3O3/c1-13(23-15-7-5-14(11-18)6-8-15)17(22)19-12-16(21)20-9-3-2-4-10-20/h5-8,13H,2-4,9-10,12H2,1H3,(H,19,22). The van der Waals surface area contributed by atoms with Crippen LogP contribution in [0, 0.1) is 11.3 Å². The zero-order valence-electron chi connectivity index (χ0n) is 13.2. The number of nitrogens with zero attached hydrogens (tertiary/aromatic N) is 2. The minimum atomic E-state index is -0.711. The normalized spacial score (nSPS) is 15.4. The molecule has 1 aromatic rings. The first-order valence-corrected chi connectivity index (χ1v) is 7.82. The number of hydrogen-bond acceptors (Lipinski definition) is 4. The second-order valence-corrected chi connectivity index (χ2v) is 5.56. The van der Waals surface area contributed by atoms with Crippen molar-refractivity contribution >= 4 is 11.8 Å². The largest absolute Gasteiger partial charge is 0.481 e. The Morgan fingerprint density at radius 2 is 1.91 bits per heavy atom. The summed E-state index contributed by atoms with van der Waals surface area (Å²) in [6.45, 7) is 3.16. The smallest absolute Gasteiger partial charge is 0.261 e. The van der Waals surface area contributed by atoms with E-state index in [1.165, 1.54) is 0 Å². The molecule has 0 saturated carbocycles. The van der Waals surface area contributed by atoms with Crippen molar-refractivity contribution < 1.29 is 14.3 Å². The van der Waals surface area contributed by atoms with Crippen LogP contribution in [-0.4, -0.2) is 42.5 Å². The van der Waals surface area contributed by atoms with Crippen LogP contribution in [0.2, 0.25) is 0 Å². The Hall–Kier alpha value is -2.55. The van der Waals surface area contributed by atoms with E-state index >= 15 is 0 Å². The lowest BCUT2D eigenvalue weighted by Gasteiger charge is -2.27. The molecule has 23 heavy (non-hydrogen) atoms. The van der Waals surface area contributed by atoms with Gasteiger partial charge in [-0.05, 0) is 50.5 Å². The molecule has 6 nitrogen and oxygen atoms in total. The van der Waals surface area contributed by atoms with Crippen LogP contribution in [-0.2, 0) is 9.59 Å². The minimum Gasteiger partial charge on any atom is -0.481 e. The van der Waals surface area contributed by atoms with Crippen molar-refractivity contribution in [1.82, 2.24) is 10.2 Å². The van der Waals surface area contributed by atoms with Gasteiger partial charge >= 0.3 is 0 Å². The van der Waals surface area contributed by atoms with Gasteiger partial charge in [-0.2, -0.15) is 5.26 Å². The van der Waals surface area contributed by atoms with E-state index in [-0.39, 0.29) is 18.4 Å². The Morgan fingerprint density at radius 3 is 2.52 bits per heavy atom. The first kappa shape index (κ1) is 16.8. The molecule has 0 aliphatic carbocycles. The highest BCUT2D eigenvalue weighted by Gasteiger charge is 2.19. The van der Waals surface area contributed by atoms with E-state index < -0.39 is 6.10 Å². The first-order valence-electron chi connectivity index (χ1n) is 7.82. The molecule has 1 unspecified atom stereocenters. The third kappa shape index (κ3) is 4.99. The summed E-state index contributed by atoms with van der Waals surface area (Å²) >= 11 is 0. The molecule has 0 aromatic heterocycles. The Kier molecular flexibility index (Phi) is 5.98. The van der Waals surface area contributed by atoms with Crippen LogP contribution in [0.5, 0.6) is 5.75 Å². The summed E-state index contributed by atoms with van der Waals surface area (Å²) in [4.78, 5) is 25.8. The molecule has 2 rings (SSSR count). The van der Waals surface area contributed by atoms with Gasteiger partial charge in [0.05, 0.1) is 18.2 Å². The van der Waals surface area contributed by atoms with Crippen LogP contribution in [0.4, 0.5) is 0 Å². The maximum absolute atomic E-state index is 12.0. The third-order valence-corrected chi connectivity index (χ3v) is 3.79. The van der Waals surface area contributed by atoms with Crippen molar-refractivity contribution in [2.75, 3.05) is 19.6 Å². The van der Waals surface area contributed by atoms with E-state index in [1.54, 1.807) is 36.1 Å². The molecule has 0 bridgehead atoms. The predicted octanol–water partition coefficient (Wildman–Crippen LogP) is 1.45. The Morgan fingerprint density at radius 1 is 1.26 bits per heavy atom. The second kappa shape index (κ2) is 8.18. The highest BCUT2D eigenvalue weighted by atomic mass is 16.5. The molecule has 1 aliphatic heterocycles. The lowest BCUT2D eigenvalue weighted by molar-refractivity contribution is -0.135. The number of nitrogens with one attached hydrogen (secondary N) is 1. The summed E-state index contributed by atoms with van der Waals surface area (Å²) < 4.78 is 5.51. The summed E-state index contributed by atoms with van der Waals surface area (Å²) in [5, 5.41) is 11.4. The van der Waals surface area contributed by atoms with Crippen molar-refractivity contribution in [2.45, 2.75) is 32.3 Å². The highest BCUT2D eigenvalue weighted by Crippen LogP contribution is 2.13. The van der Waals surface area contributed by atoms with Crippen molar-refractivity contribution in [3.63, 3.8) is 0 Å². The maximum Gasteiger partial charge on any atom is 0.261 e. The summed E-state index contributed by atoms with van der Waals surface area (Å²) in [7, 11) is 0. The number of nitriles is 1. The molecule has 0 radical (unpaired) electrons. The maximum atomic E-state index is 12.0. The van der Waals surface area contributed by atoms with Crippen LogP contribution in [0.3, 0.4) is 0 Å². The number of ether oxygens (including phenoxy) is 1. The van der Waals surface area contributed by atoms with Gasteiger partial charge in [0.25, 0.3) is 5.91 Å². The van der Waals surface area contributed by atoms with E-state index in [4.69, 9.17) is 10.00 Å². The fraction of sp³-hybridized carbons (Fsp3) is 0.471. The van der Waals surface area contributed by atoms with Crippen molar-refractivity contribution in [1.29, 1.82) is 5.26 Å². The molecule has 1 fully saturated rings. The fourth-order valence-corrected chi connectivity index (χ4v) is 2.43. The van der Waals surface area contributed by atoms with E-state index in [9.17, 15) is 9.59 Å². The second-order valence-electron chi connectivity index (χ2n) is 5.56. The van der Waals surface area contributed by atoms with Crippen molar-refractivity contribution in [3.8, 4) is 11.8 Å². The lowest BCUT2D eigenvalue weighted by atomic mass is 10.1. The zero-order chi connectivity index (χ0) is 16.7. The molecule has 1 saturated heterocycles. The molecule has 1 atom stereocenters. The zero-order valence-corrected chi connectivity index (χ0v) is 13.2. The van der Waals surface area contributed by atoms with Gasteiger partial charge in [-0.15, -0.1) is 0 Å². The fourth-order valence-electron chi connectivity index (χ4n) is 2.43. The summed E-state index contributed by atoms with van der Waals surface area (Å²) in [6, 6.07) is 8.55. The molecule has 1 aliphatic rings. The van der Waals surface area contributed by atoms with Gasteiger partial charge in [0.2, 0.25) is 5.91 Å². The average Bonchev–Trinajstić information content (AvgIpc) is 2.60. The molecule has 1 heterocycles. The van der Waals surface area contributed by atoms with Gasteiger partial charge in [-0.1, -0.05) is 0 Å². The Balaban J connectivity index is 1.77. The van der Waals surface area contributed by atoms with Crippen molar-refractivity contribution in [2.24, 2.45) is 0 Å². The van der Waals surface area contributed by atoms with Crippen LogP contribution in [0.25, 0.3) is 0 Å². The number of piperidine rings is 1. The van der Waals surface area contributed by atoms with E-state index in [0.29, 0.717) is 11.3 Å². The minimum absolute atomic E-state index is 0.0000957. The third-order valence-electron chi connectivity index (χ3n) is 3.79. The monoisotopic (exact) mass is 315 g/mol. The lowest BCUT2D eigenvalue weighted by Crippen LogP contribution is -2.45. The molecular formula is C17H21N3O3. The Labute approximate surface area is 136 Å².